The number of primary amides is 1. The van der Waals surface area contributed by atoms with Gasteiger partial charge in [-0.25, -0.2) is 9.37 Å². The quantitative estimate of drug-likeness (QED) is 0.345. The molecule has 2 aromatic heterocycles. The molecule has 4 atom stereocenters. The Morgan fingerprint density at radius 2 is 1.82 bits per heavy atom. The lowest BCUT2D eigenvalue weighted by atomic mass is 9.88. The molecule has 1 aromatic carbocycles. The fourth-order valence-electron chi connectivity index (χ4n) is 7.33. The van der Waals surface area contributed by atoms with Gasteiger partial charge >= 0.3 is 0 Å². The molecule has 0 radical (unpaired) electrons. The molecule has 210 valence electrons. The summed E-state index contributed by atoms with van der Waals surface area (Å²) in [6, 6.07) is 7.83. The number of anilines is 4. The summed E-state index contributed by atoms with van der Waals surface area (Å²) >= 11 is 1.55. The third-order valence-electron chi connectivity index (χ3n) is 9.34. The first kappa shape index (κ1) is 25.7. The van der Waals surface area contributed by atoms with E-state index >= 15 is 4.39 Å². The number of thiophene rings is 1. The van der Waals surface area contributed by atoms with Crippen molar-refractivity contribution < 1.29 is 9.18 Å². The number of amides is 1. The number of hydrogen-bond acceptors (Lipinski definition) is 8. The molecule has 3 fully saturated rings. The molecule has 0 spiro atoms. The van der Waals surface area contributed by atoms with E-state index in [-0.39, 0.29) is 35.5 Å². The van der Waals surface area contributed by atoms with Crippen LogP contribution in [0.25, 0.3) is 10.2 Å². The van der Waals surface area contributed by atoms with Gasteiger partial charge in [0, 0.05) is 44.0 Å². The summed E-state index contributed by atoms with van der Waals surface area (Å²) in [5, 5.41) is 8.72. The maximum atomic E-state index is 15.4. The molecule has 10 heteroatoms. The van der Waals surface area contributed by atoms with Gasteiger partial charge in [-0.2, -0.15) is 4.98 Å². The molecule has 2 saturated carbocycles. The zero-order valence-corrected chi connectivity index (χ0v) is 23.4. The van der Waals surface area contributed by atoms with E-state index < -0.39 is 0 Å². The Balaban J connectivity index is 1.06. The monoisotopic (exact) mass is 561 g/mol. The zero-order valence-electron chi connectivity index (χ0n) is 22.6. The summed E-state index contributed by atoms with van der Waals surface area (Å²) in [6.07, 6.45) is 11.8. The Hall–Kier alpha value is -3.24. The predicted octanol–water partition coefficient (Wildman–Crippen LogP) is 5.12. The Morgan fingerprint density at radius 3 is 2.60 bits per heavy atom. The van der Waals surface area contributed by atoms with Crippen LogP contribution < -0.4 is 21.3 Å². The van der Waals surface area contributed by atoms with E-state index in [1.165, 1.54) is 38.2 Å². The van der Waals surface area contributed by atoms with Gasteiger partial charge in [0.25, 0.3) is 0 Å². The van der Waals surface area contributed by atoms with E-state index in [0.717, 1.165) is 42.8 Å². The lowest BCUT2D eigenvalue weighted by Crippen LogP contribution is -2.51. The van der Waals surface area contributed by atoms with Crippen LogP contribution in [0.2, 0.25) is 0 Å². The first-order chi connectivity index (χ1) is 19.5. The second-order valence-electron chi connectivity index (χ2n) is 11.7. The van der Waals surface area contributed by atoms with Crippen molar-refractivity contribution in [3.63, 3.8) is 0 Å². The molecule has 4 N–H and O–H groups in total. The summed E-state index contributed by atoms with van der Waals surface area (Å²) in [5.41, 5.74) is 7.82. The van der Waals surface area contributed by atoms with Crippen LogP contribution in [-0.4, -0.2) is 59.0 Å². The van der Waals surface area contributed by atoms with Crippen LogP contribution >= 0.6 is 11.3 Å². The number of nitrogens with one attached hydrogen (secondary N) is 2. The Morgan fingerprint density at radius 1 is 1.02 bits per heavy atom. The average Bonchev–Trinajstić information content (AvgIpc) is 3.71. The minimum Gasteiger partial charge on any atom is -0.369 e. The van der Waals surface area contributed by atoms with Crippen molar-refractivity contribution in [2.24, 2.45) is 23.5 Å². The normalized spacial score (nSPS) is 27.0. The Bertz CT molecular complexity index is 1430. The highest BCUT2D eigenvalue weighted by Crippen LogP contribution is 2.45. The van der Waals surface area contributed by atoms with Crippen molar-refractivity contribution in [3.05, 3.63) is 47.6 Å². The number of nitrogens with zero attached hydrogens (tertiary/aromatic N) is 4. The molecule has 1 amide bonds. The maximum Gasteiger partial charge on any atom is 0.229 e. The number of halogens is 1. The van der Waals surface area contributed by atoms with Gasteiger partial charge in [-0.05, 0) is 60.7 Å². The van der Waals surface area contributed by atoms with E-state index in [0.29, 0.717) is 29.2 Å². The van der Waals surface area contributed by atoms with Gasteiger partial charge < -0.3 is 21.3 Å². The Kier molecular flexibility index (Phi) is 6.83. The zero-order chi connectivity index (χ0) is 27.2. The van der Waals surface area contributed by atoms with Gasteiger partial charge in [0.15, 0.2) is 0 Å². The molecule has 1 aliphatic heterocycles. The number of carbonyl (C=O) groups is 1. The van der Waals surface area contributed by atoms with Crippen LogP contribution in [-0.2, 0) is 4.79 Å². The second kappa shape index (κ2) is 10.6. The predicted molar refractivity (Wildman–Crippen MR) is 159 cm³/mol. The molecule has 8 nitrogen and oxygen atoms in total. The number of aromatic nitrogens is 2. The van der Waals surface area contributed by atoms with Crippen LogP contribution in [0, 0.1) is 23.6 Å². The number of allylic oxidation sites excluding steroid dienone is 1. The summed E-state index contributed by atoms with van der Waals surface area (Å²) in [5.74, 6) is 0.690. The summed E-state index contributed by atoms with van der Waals surface area (Å²) in [4.78, 5) is 26.4. The van der Waals surface area contributed by atoms with Crippen LogP contribution in [0.4, 0.5) is 27.5 Å². The van der Waals surface area contributed by atoms with Gasteiger partial charge in [-0.15, -0.1) is 11.3 Å². The first-order valence-electron chi connectivity index (χ1n) is 14.6. The summed E-state index contributed by atoms with van der Waals surface area (Å²) in [7, 11) is 0. The van der Waals surface area contributed by atoms with Crippen LogP contribution in [0.3, 0.4) is 0 Å². The molecule has 4 unspecified atom stereocenters. The largest absolute Gasteiger partial charge is 0.369 e. The minimum atomic E-state index is -0.282. The number of benzene rings is 1. The third kappa shape index (κ3) is 4.81. The van der Waals surface area contributed by atoms with Gasteiger partial charge in [0.2, 0.25) is 11.9 Å². The van der Waals surface area contributed by atoms with Gasteiger partial charge in [-0.1, -0.05) is 31.4 Å². The van der Waals surface area contributed by atoms with E-state index in [1.807, 2.05) is 23.6 Å². The van der Waals surface area contributed by atoms with Crippen molar-refractivity contribution in [1.29, 1.82) is 0 Å². The molecule has 3 heterocycles. The number of piperazine rings is 1. The average molecular weight is 562 g/mol. The second-order valence-corrected chi connectivity index (χ2v) is 12.6. The number of carbonyl (C=O) groups excluding carboxylic acids is 1. The number of hydrogen-bond donors (Lipinski definition) is 3. The van der Waals surface area contributed by atoms with E-state index in [4.69, 9.17) is 10.7 Å². The molecule has 3 aromatic rings. The molecule has 4 aliphatic rings. The van der Waals surface area contributed by atoms with Crippen molar-refractivity contribution in [1.82, 2.24) is 14.9 Å². The number of rotatable bonds is 7. The van der Waals surface area contributed by atoms with E-state index in [9.17, 15) is 4.79 Å². The summed E-state index contributed by atoms with van der Waals surface area (Å²) < 4.78 is 16.3. The molecular formula is C30H36FN7OS. The molecular weight excluding hydrogens is 525 g/mol. The lowest BCUT2D eigenvalue weighted by molar-refractivity contribution is -0.122. The fraction of sp³-hybridized carbons (Fsp3) is 0.500. The van der Waals surface area contributed by atoms with Gasteiger partial charge in [0.05, 0.1) is 21.8 Å². The van der Waals surface area contributed by atoms with Crippen LogP contribution in [0.1, 0.15) is 38.5 Å². The number of fused-ring (bicyclic) bond motifs is 3. The number of nitrogens with two attached hydrogens (primary N) is 1. The molecule has 7 rings (SSSR count). The maximum absolute atomic E-state index is 15.4. The first-order valence-corrected chi connectivity index (χ1v) is 15.5. The molecule has 40 heavy (non-hydrogen) atoms. The van der Waals surface area contributed by atoms with Crippen molar-refractivity contribution >= 4 is 50.6 Å². The van der Waals surface area contributed by atoms with Crippen LogP contribution in [0.15, 0.2) is 41.8 Å². The van der Waals surface area contributed by atoms with E-state index in [1.54, 1.807) is 11.3 Å². The van der Waals surface area contributed by atoms with Crippen molar-refractivity contribution in [2.45, 2.75) is 50.6 Å². The standard InChI is InChI=1S/C30H36FN7OS/c31-22-17-20(8-9-24(22)38-13-11-37(12-14-38)21-4-2-1-3-5-21)33-30-34-23-10-15-40-27(23)29(36-30)35-26-19-7-6-18(16-19)25(26)28(32)39/h6-10,15,17-19,21,25-26H,1-5,11-14,16H2,(H2,32,39)(H2,33,34,35,36). The molecule has 3 aliphatic carbocycles. The minimum absolute atomic E-state index is 0.101. The third-order valence-corrected chi connectivity index (χ3v) is 10.3. The van der Waals surface area contributed by atoms with Crippen molar-refractivity contribution in [3.8, 4) is 0 Å². The van der Waals surface area contributed by atoms with Crippen LogP contribution in [0.5, 0.6) is 0 Å². The highest BCUT2D eigenvalue weighted by Gasteiger charge is 2.47. The smallest absolute Gasteiger partial charge is 0.229 e. The SMILES string of the molecule is NC(=O)C1C2C=CC(C2)C1Nc1nc(Nc2ccc(N3CCN(C4CCCCC4)CC3)c(F)c2)nc2ccsc12. The summed E-state index contributed by atoms with van der Waals surface area (Å²) in [6.45, 7) is 3.67. The molecule has 1 saturated heterocycles. The van der Waals surface area contributed by atoms with Gasteiger partial charge in [0.1, 0.15) is 11.6 Å². The highest BCUT2D eigenvalue weighted by molar-refractivity contribution is 7.17. The highest BCUT2D eigenvalue weighted by atomic mass is 32.1. The van der Waals surface area contributed by atoms with E-state index in [2.05, 4.69) is 37.6 Å². The van der Waals surface area contributed by atoms with Gasteiger partial charge in [-0.3, -0.25) is 9.69 Å². The lowest BCUT2D eigenvalue weighted by Gasteiger charge is -2.41. The Labute approximate surface area is 237 Å². The fourth-order valence-corrected chi connectivity index (χ4v) is 8.11. The van der Waals surface area contributed by atoms with Crippen molar-refractivity contribution in [2.75, 3.05) is 41.7 Å². The topological polar surface area (TPSA) is 99.4 Å². The molecule has 2 bridgehead atoms.